The van der Waals surface area contributed by atoms with Crippen LogP contribution in [0.25, 0.3) is 0 Å². The monoisotopic (exact) mass is 454 g/mol. The number of rotatable bonds is 9. The predicted octanol–water partition coefficient (Wildman–Crippen LogP) is 4.76. The van der Waals surface area contributed by atoms with E-state index in [9.17, 15) is 18.0 Å². The summed E-state index contributed by atoms with van der Waals surface area (Å²) in [4.78, 5) is 18.6. The number of benzene rings is 1. The Labute approximate surface area is 182 Å². The summed E-state index contributed by atoms with van der Waals surface area (Å²) in [6.07, 6.45) is -0.566. The van der Waals surface area contributed by atoms with Crippen molar-refractivity contribution in [2.24, 2.45) is 5.10 Å². The number of hydrazone groups is 1. The second kappa shape index (κ2) is 10.8. The van der Waals surface area contributed by atoms with E-state index in [1.54, 1.807) is 12.1 Å². The molecule has 0 fully saturated rings. The van der Waals surface area contributed by atoms with Gasteiger partial charge in [-0.2, -0.15) is 18.3 Å². The number of carbonyl (C=O) groups excluding carboxylic acids is 1. The minimum Gasteiger partial charge on any atom is -0.368 e. The first-order valence-corrected chi connectivity index (χ1v) is 9.67. The zero-order valence-electron chi connectivity index (χ0n) is 16.9. The highest BCUT2D eigenvalue weighted by Crippen LogP contribution is 2.32. The smallest absolute Gasteiger partial charge is 0.368 e. The minimum atomic E-state index is -4.60. The SMILES string of the molecule is CCC(CNc1ccc(Cl)cn1)N(C)C(=O)c1cc(C(F)(F)F)ccc1N/N=C\C=N. The van der Waals surface area contributed by atoms with Crippen LogP contribution < -0.4 is 10.7 Å². The molecule has 2 rings (SSSR count). The van der Waals surface area contributed by atoms with E-state index in [1.165, 1.54) is 18.1 Å². The Morgan fingerprint density at radius 1 is 1.35 bits per heavy atom. The van der Waals surface area contributed by atoms with Crippen LogP contribution in [0.5, 0.6) is 0 Å². The Bertz CT molecular complexity index is 934. The zero-order chi connectivity index (χ0) is 23.0. The number of hydrogen-bond donors (Lipinski definition) is 3. The molecule has 0 saturated heterocycles. The van der Waals surface area contributed by atoms with Crippen molar-refractivity contribution in [2.75, 3.05) is 24.3 Å². The second-order valence-electron chi connectivity index (χ2n) is 6.54. The Kier molecular flexibility index (Phi) is 8.38. The number of hydrogen-bond acceptors (Lipinski definition) is 6. The minimum absolute atomic E-state index is 0.102. The Hall–Kier alpha value is -3.14. The van der Waals surface area contributed by atoms with Crippen molar-refractivity contribution in [1.82, 2.24) is 9.88 Å². The Morgan fingerprint density at radius 2 is 2.10 bits per heavy atom. The molecule has 7 nitrogen and oxygen atoms in total. The maximum atomic E-state index is 13.2. The molecule has 1 atom stereocenters. The van der Waals surface area contributed by atoms with Crippen LogP contribution in [0.4, 0.5) is 24.7 Å². The van der Waals surface area contributed by atoms with Gasteiger partial charge in [0, 0.05) is 32.0 Å². The number of pyridine rings is 1. The quantitative estimate of drug-likeness (QED) is 0.376. The highest BCUT2D eigenvalue weighted by molar-refractivity contribution is 6.30. The van der Waals surface area contributed by atoms with Gasteiger partial charge in [-0.1, -0.05) is 18.5 Å². The molecular weight excluding hydrogens is 433 g/mol. The summed E-state index contributed by atoms with van der Waals surface area (Å²) in [6, 6.07) is 5.83. The molecule has 166 valence electrons. The van der Waals surface area contributed by atoms with Gasteiger partial charge in [0.2, 0.25) is 0 Å². The van der Waals surface area contributed by atoms with Gasteiger partial charge in [0.1, 0.15) is 5.82 Å². The normalized spacial score (nSPS) is 12.5. The van der Waals surface area contributed by atoms with E-state index in [4.69, 9.17) is 17.0 Å². The van der Waals surface area contributed by atoms with E-state index in [1.807, 2.05) is 6.92 Å². The number of nitrogens with one attached hydrogen (secondary N) is 3. The topological polar surface area (TPSA) is 93.5 Å². The number of carbonyl (C=O) groups is 1. The molecule has 1 aromatic carbocycles. The summed E-state index contributed by atoms with van der Waals surface area (Å²) < 4.78 is 39.6. The largest absolute Gasteiger partial charge is 0.416 e. The maximum absolute atomic E-state index is 13.2. The molecule has 0 aliphatic carbocycles. The summed E-state index contributed by atoms with van der Waals surface area (Å²) in [5, 5.41) is 14.2. The molecule has 1 amide bonds. The van der Waals surface area contributed by atoms with E-state index in [0.29, 0.717) is 23.8 Å². The van der Waals surface area contributed by atoms with E-state index >= 15 is 0 Å². The van der Waals surface area contributed by atoms with E-state index in [0.717, 1.165) is 30.6 Å². The van der Waals surface area contributed by atoms with Gasteiger partial charge < -0.3 is 15.6 Å². The lowest BCUT2D eigenvalue weighted by Gasteiger charge is -2.28. The fourth-order valence-corrected chi connectivity index (χ4v) is 2.86. The van der Waals surface area contributed by atoms with Gasteiger partial charge >= 0.3 is 6.18 Å². The van der Waals surface area contributed by atoms with E-state index in [-0.39, 0.29) is 17.3 Å². The van der Waals surface area contributed by atoms with Crippen LogP contribution in [0, 0.1) is 5.41 Å². The molecular formula is C20H22ClF3N6O. The first-order valence-electron chi connectivity index (χ1n) is 9.29. The molecule has 0 bridgehead atoms. The Balaban J connectivity index is 2.26. The zero-order valence-corrected chi connectivity index (χ0v) is 17.6. The average molecular weight is 455 g/mol. The molecule has 0 aliphatic rings. The third kappa shape index (κ3) is 6.68. The molecule has 1 heterocycles. The van der Waals surface area contributed by atoms with Crippen LogP contribution in [0.15, 0.2) is 41.6 Å². The summed E-state index contributed by atoms with van der Waals surface area (Å²) >= 11 is 5.82. The van der Waals surface area contributed by atoms with Gasteiger partial charge in [0.25, 0.3) is 5.91 Å². The lowest BCUT2D eigenvalue weighted by atomic mass is 10.1. The Morgan fingerprint density at radius 3 is 2.68 bits per heavy atom. The van der Waals surface area contributed by atoms with Crippen LogP contribution in [-0.4, -0.2) is 47.9 Å². The number of anilines is 2. The molecule has 0 spiro atoms. The van der Waals surface area contributed by atoms with Crippen LogP contribution in [0.2, 0.25) is 5.02 Å². The second-order valence-corrected chi connectivity index (χ2v) is 6.97. The number of amides is 1. The lowest BCUT2D eigenvalue weighted by molar-refractivity contribution is -0.137. The van der Waals surface area contributed by atoms with Crippen molar-refractivity contribution in [3.8, 4) is 0 Å². The molecule has 11 heteroatoms. The molecule has 0 aliphatic heterocycles. The van der Waals surface area contributed by atoms with Crippen LogP contribution in [0.3, 0.4) is 0 Å². The molecule has 31 heavy (non-hydrogen) atoms. The molecule has 2 aromatic rings. The van der Waals surface area contributed by atoms with Crippen LogP contribution >= 0.6 is 11.6 Å². The first kappa shape index (κ1) is 24.1. The van der Waals surface area contributed by atoms with Gasteiger partial charge in [-0.25, -0.2) is 4.98 Å². The third-order valence-corrected chi connectivity index (χ3v) is 4.72. The number of likely N-dealkylation sites (N-methyl/N-ethyl adjacent to an activating group) is 1. The fraction of sp³-hybridized carbons (Fsp3) is 0.300. The van der Waals surface area contributed by atoms with E-state index in [2.05, 4.69) is 20.8 Å². The summed E-state index contributed by atoms with van der Waals surface area (Å²) in [5.41, 5.74) is 1.50. The number of nitrogens with zero attached hydrogens (tertiary/aromatic N) is 3. The lowest BCUT2D eigenvalue weighted by Crippen LogP contribution is -2.41. The van der Waals surface area contributed by atoms with Crippen molar-refractivity contribution in [3.05, 3.63) is 52.7 Å². The van der Waals surface area contributed by atoms with Crippen LogP contribution in [0.1, 0.15) is 29.3 Å². The molecule has 0 saturated carbocycles. The van der Waals surface area contributed by atoms with Gasteiger partial charge in [-0.15, -0.1) is 0 Å². The third-order valence-electron chi connectivity index (χ3n) is 4.50. The number of alkyl halides is 3. The molecule has 1 aromatic heterocycles. The van der Waals surface area contributed by atoms with Crippen molar-refractivity contribution in [2.45, 2.75) is 25.6 Å². The first-order chi connectivity index (χ1) is 14.7. The molecule has 1 unspecified atom stereocenters. The molecule has 0 radical (unpaired) electrons. The summed E-state index contributed by atoms with van der Waals surface area (Å²) in [6.45, 7) is 2.20. The standard InChI is InChI=1S/C20H22ClF3N6O/c1-3-15(12-27-18-7-5-14(21)11-26-18)30(2)19(31)16-10-13(20(22,23)24)4-6-17(16)29-28-9-8-25/h4-11,15,25,29H,3,12H2,1-2H3,(H,26,27)/b25-8?,28-9-. The summed E-state index contributed by atoms with van der Waals surface area (Å²) in [5.74, 6) is -0.0394. The summed E-state index contributed by atoms with van der Waals surface area (Å²) in [7, 11) is 1.53. The van der Waals surface area contributed by atoms with Gasteiger partial charge in [-0.3, -0.25) is 10.2 Å². The number of halogens is 4. The fourth-order valence-electron chi connectivity index (χ4n) is 2.75. The highest BCUT2D eigenvalue weighted by Gasteiger charge is 2.32. The van der Waals surface area contributed by atoms with Crippen molar-refractivity contribution >= 4 is 41.4 Å². The van der Waals surface area contributed by atoms with Crippen molar-refractivity contribution in [1.29, 1.82) is 5.41 Å². The average Bonchev–Trinajstić information content (AvgIpc) is 2.74. The van der Waals surface area contributed by atoms with Gasteiger partial charge in [-0.05, 0) is 36.8 Å². The van der Waals surface area contributed by atoms with Crippen molar-refractivity contribution < 1.29 is 18.0 Å². The maximum Gasteiger partial charge on any atom is 0.416 e. The van der Waals surface area contributed by atoms with E-state index < -0.39 is 17.6 Å². The van der Waals surface area contributed by atoms with Gasteiger partial charge in [0.05, 0.1) is 28.1 Å². The highest BCUT2D eigenvalue weighted by atomic mass is 35.5. The van der Waals surface area contributed by atoms with Crippen LogP contribution in [-0.2, 0) is 6.18 Å². The van der Waals surface area contributed by atoms with Gasteiger partial charge in [0.15, 0.2) is 0 Å². The van der Waals surface area contributed by atoms with Crippen molar-refractivity contribution in [3.63, 3.8) is 0 Å². The molecule has 3 N–H and O–H groups in total. The predicted molar refractivity (Wildman–Crippen MR) is 116 cm³/mol. The number of aromatic nitrogens is 1.